The summed E-state index contributed by atoms with van der Waals surface area (Å²) in [5.74, 6) is -6.04. The molecule has 450 valence electrons. The number of nitro groups is 2. The monoisotopic (exact) mass is 1260 g/mol. The fourth-order valence-corrected chi connectivity index (χ4v) is 15.1. The molecule has 25 heteroatoms. The lowest BCUT2D eigenvalue weighted by Crippen LogP contribution is -2.53. The van der Waals surface area contributed by atoms with Gasteiger partial charge in [-0.1, -0.05) is 88.9 Å². The number of nitrogens with one attached hydrogen (secondary N) is 3. The summed E-state index contributed by atoms with van der Waals surface area (Å²) in [5, 5.41) is 35.2. The van der Waals surface area contributed by atoms with E-state index in [9.17, 15) is 44.2 Å². The van der Waals surface area contributed by atoms with Gasteiger partial charge in [0, 0.05) is 98.3 Å². The molecule has 2 spiro atoms. The maximum atomic E-state index is 16.0. The molecule has 1 unspecified atom stereocenters. The van der Waals surface area contributed by atoms with Gasteiger partial charge in [0.15, 0.2) is 5.78 Å². The number of anilines is 3. The van der Waals surface area contributed by atoms with Crippen LogP contribution >= 0.6 is 46.4 Å². The predicted molar refractivity (Wildman–Crippen MR) is 319 cm³/mol. The molecule has 5 fully saturated rings. The average Bonchev–Trinajstić information content (AvgIpc) is 1.54. The first-order valence-corrected chi connectivity index (χ1v) is 29.6. The number of nitrogens with zero attached hydrogens (tertiary/aromatic N) is 4. The van der Waals surface area contributed by atoms with E-state index in [0.717, 1.165) is 56.1 Å². The van der Waals surface area contributed by atoms with Crippen LogP contribution in [0.15, 0.2) is 109 Å². The molecule has 9 atom stereocenters. The maximum Gasteiger partial charge on any atom is 0.338 e. The predicted octanol–water partition coefficient (Wildman–Crippen LogP) is 11.4. The van der Waals surface area contributed by atoms with Gasteiger partial charge in [0.05, 0.1) is 57.8 Å². The maximum absolute atomic E-state index is 16.0. The van der Waals surface area contributed by atoms with E-state index in [1.54, 1.807) is 47.4 Å². The number of ketones is 1. The number of methoxy groups -OCH3 is 2. The van der Waals surface area contributed by atoms with Crippen LogP contribution in [0.4, 0.5) is 31.5 Å². The number of hydrogen-bond donors (Lipinski definition) is 4. The number of carbonyl (C=O) groups excluding carboxylic acids is 5. The van der Waals surface area contributed by atoms with E-state index in [1.807, 2.05) is 12.1 Å². The van der Waals surface area contributed by atoms with Crippen molar-refractivity contribution in [3.8, 4) is 0 Å². The Bertz CT molecular complexity index is 3930. The summed E-state index contributed by atoms with van der Waals surface area (Å²) < 4.78 is 41.4. The Morgan fingerprint density at radius 2 is 1.20 bits per heavy atom. The zero-order valence-corrected chi connectivity index (χ0v) is 49.4. The van der Waals surface area contributed by atoms with Crippen LogP contribution in [-0.4, -0.2) is 101 Å². The highest BCUT2D eigenvalue weighted by Gasteiger charge is 2.73. The van der Waals surface area contributed by atoms with Gasteiger partial charge in [-0.25, -0.2) is 18.4 Å². The number of likely N-dealkylation sites (tertiary alicyclic amines) is 2. The lowest BCUT2D eigenvalue weighted by Gasteiger charge is -2.41. The Hall–Kier alpha value is -7.63. The van der Waals surface area contributed by atoms with Crippen molar-refractivity contribution in [3.63, 3.8) is 0 Å². The lowest BCUT2D eigenvalue weighted by atomic mass is 9.73. The van der Waals surface area contributed by atoms with Crippen molar-refractivity contribution in [2.75, 3.05) is 43.7 Å². The number of halogens is 6. The second kappa shape index (κ2) is 22.8. The van der Waals surface area contributed by atoms with Crippen molar-refractivity contribution >= 4 is 98.7 Å². The molecule has 0 radical (unpaired) electrons. The second-order valence-electron chi connectivity index (χ2n) is 23.1. The van der Waals surface area contributed by atoms with E-state index in [0.29, 0.717) is 52.0 Å². The van der Waals surface area contributed by atoms with Crippen molar-refractivity contribution in [1.29, 1.82) is 0 Å². The van der Waals surface area contributed by atoms with Gasteiger partial charge in [-0.3, -0.25) is 44.4 Å². The highest BCUT2D eigenvalue weighted by Crippen LogP contribution is 2.63. The smallest absolute Gasteiger partial charge is 0.338 e. The molecule has 2 saturated carbocycles. The van der Waals surface area contributed by atoms with Crippen molar-refractivity contribution in [3.05, 3.63) is 206 Å². The number of ether oxygens (including phenoxy) is 2. The molecule has 6 aromatic rings. The Morgan fingerprint density at radius 1 is 0.678 bits per heavy atom. The summed E-state index contributed by atoms with van der Waals surface area (Å²) in [4.78, 5) is 94.2. The molecule has 2 amide bonds. The van der Waals surface area contributed by atoms with Gasteiger partial charge >= 0.3 is 11.9 Å². The van der Waals surface area contributed by atoms with Crippen molar-refractivity contribution in [1.82, 2.24) is 15.1 Å². The summed E-state index contributed by atoms with van der Waals surface area (Å²) in [6.07, 6.45) is 3.73. The number of esters is 2. The largest absolute Gasteiger partial charge is 0.465 e. The van der Waals surface area contributed by atoms with Gasteiger partial charge in [-0.2, -0.15) is 0 Å². The SMILES string of the molecule is COC(=O)c1ccc(C(=O)C[C@H]2[C@@H]([N+](=O)[O-])[C@H](c3cccc(Cl)c3F)[C@]3(C(=O)Nc4cc(Cl)ccc43)N2CC2CC2)c([N+](=O)[O-])c1.COC(=O)c1ccc(C2C[C@H]3[C@@H](N2)[C@H](c2cccc(Cl)c2F)[C@]2(C(=O)Nc4cc(Cl)ccc42)N3CC2CC2)c(N)c1. The van der Waals surface area contributed by atoms with E-state index in [1.165, 1.54) is 49.6 Å². The number of hydrogen-bond acceptors (Lipinski definition) is 15. The Labute approximate surface area is 516 Å². The number of Topliss-reactive ketones (excluding diaryl/α,β-unsaturated/α-hetero) is 1. The minimum Gasteiger partial charge on any atom is -0.465 e. The Morgan fingerprint density at radius 3 is 1.71 bits per heavy atom. The molecule has 5 aliphatic heterocycles. The third kappa shape index (κ3) is 9.95. The molecule has 87 heavy (non-hydrogen) atoms. The van der Waals surface area contributed by atoms with Crippen LogP contribution in [0.25, 0.3) is 0 Å². The summed E-state index contributed by atoms with van der Waals surface area (Å²) in [5.41, 5.74) is 6.15. The highest BCUT2D eigenvalue weighted by molar-refractivity contribution is 6.32. The molecule has 13 rings (SSSR count). The van der Waals surface area contributed by atoms with Gasteiger partial charge in [0.25, 0.3) is 11.6 Å². The van der Waals surface area contributed by atoms with Crippen LogP contribution in [0.2, 0.25) is 20.1 Å². The molecule has 6 aromatic carbocycles. The summed E-state index contributed by atoms with van der Waals surface area (Å²) >= 11 is 25.1. The lowest BCUT2D eigenvalue weighted by molar-refractivity contribution is -0.528. The summed E-state index contributed by atoms with van der Waals surface area (Å²) in [6.45, 7) is 0.861. The fraction of sp³-hybridized carbons (Fsp3) is 0.339. The van der Waals surface area contributed by atoms with Gasteiger partial charge in [0.2, 0.25) is 11.9 Å². The van der Waals surface area contributed by atoms with E-state index in [4.69, 9.17) is 56.9 Å². The molecule has 19 nitrogen and oxygen atoms in total. The molecule has 5 heterocycles. The number of rotatable bonds is 14. The van der Waals surface area contributed by atoms with Crippen LogP contribution in [-0.2, 0) is 30.1 Å². The number of amides is 2. The van der Waals surface area contributed by atoms with Crippen LogP contribution in [0.3, 0.4) is 0 Å². The standard InChI is InChI=1S/C31H25Cl2FN4O8.C31H29Cl2FN4O3/c1-46-29(40)16-7-9-18(23(11-16)37(42)43)25(39)13-24-28(38(44)45)26(19-3-2-4-21(33)27(19)34)31(36(24)14-15-5-6-15)20-10-8-17(32)12-22(20)35-30(31)41;1-41-29(39)16-7-9-18(22(35)11-16)23-13-25-28(36-23)26(19-3-2-4-21(33)27(19)34)31(38(25)14-15-5-6-15)20-10-8-17(32)12-24(20)37-30(31)40/h2-4,7-12,15,24,26,28H,5-6,13-14H2,1H3,(H,35,41);2-4,7-12,15,23,25-26,28,36H,5-6,13-14,35H2,1H3,(H,37,40)/t24-,26-,28+,31+;23?,25-,26-,28+,31+/m00/s1. The van der Waals surface area contributed by atoms with E-state index < -0.39 is 92.2 Å². The number of benzene rings is 6. The third-order valence-electron chi connectivity index (χ3n) is 18.3. The summed E-state index contributed by atoms with van der Waals surface area (Å²) in [6, 6.07) is 23.8. The average molecular weight is 1270 g/mol. The van der Waals surface area contributed by atoms with Crippen molar-refractivity contribution in [2.45, 2.75) is 91.6 Å². The quantitative estimate of drug-likeness (QED) is 0.0260. The molecule has 0 bridgehead atoms. The van der Waals surface area contributed by atoms with Crippen LogP contribution in [0.1, 0.15) is 115 Å². The molecule has 5 N–H and O–H groups in total. The topological polar surface area (TPSA) is 259 Å². The van der Waals surface area contributed by atoms with Gasteiger partial charge in [0.1, 0.15) is 22.7 Å². The normalized spacial score (nSPS) is 26.0. The zero-order valence-electron chi connectivity index (χ0n) is 46.4. The van der Waals surface area contributed by atoms with Gasteiger partial charge in [-0.05, 0) is 116 Å². The van der Waals surface area contributed by atoms with Crippen molar-refractivity contribution < 1.29 is 52.1 Å². The van der Waals surface area contributed by atoms with Gasteiger partial charge < -0.3 is 31.2 Å². The summed E-state index contributed by atoms with van der Waals surface area (Å²) in [7, 11) is 2.43. The van der Waals surface area contributed by atoms with Crippen molar-refractivity contribution in [2.24, 2.45) is 11.8 Å². The number of carbonyl (C=O) groups is 5. The van der Waals surface area contributed by atoms with E-state index in [-0.39, 0.29) is 73.9 Å². The zero-order chi connectivity index (χ0) is 61.7. The number of fused-ring (bicyclic) bond motifs is 5. The minimum absolute atomic E-state index is 0.0155. The molecule has 7 aliphatic rings. The number of nitrogen functional groups attached to an aromatic ring is 1. The molecule has 0 aromatic heterocycles. The Kier molecular flexibility index (Phi) is 15.7. The molecule has 2 aliphatic carbocycles. The third-order valence-corrected chi connectivity index (χ3v) is 19.4. The minimum atomic E-state index is -1.86. The first-order valence-electron chi connectivity index (χ1n) is 28.0. The molecular weight excluding hydrogens is 1210 g/mol. The van der Waals surface area contributed by atoms with E-state index in [2.05, 4.69) is 25.6 Å². The molecular formula is C62H54Cl4F2N8O11. The van der Waals surface area contributed by atoms with Crippen LogP contribution in [0, 0.1) is 43.7 Å². The number of nitrogens with two attached hydrogens (primary N) is 1. The van der Waals surface area contributed by atoms with E-state index >= 15 is 8.78 Å². The Balaban J connectivity index is 0.000000171. The van der Waals surface area contributed by atoms with Crippen LogP contribution < -0.4 is 21.7 Å². The number of nitro benzene ring substituents is 1. The first-order chi connectivity index (χ1) is 41.6. The van der Waals surface area contributed by atoms with Gasteiger partial charge in [-0.15, -0.1) is 0 Å². The molecule has 3 saturated heterocycles. The fourth-order valence-electron chi connectivity index (χ4n) is 14.4. The second-order valence-corrected chi connectivity index (χ2v) is 24.8. The van der Waals surface area contributed by atoms with Crippen LogP contribution in [0.5, 0.6) is 0 Å². The highest BCUT2D eigenvalue weighted by atomic mass is 35.5. The first kappa shape index (κ1) is 59.7.